The molecule has 0 aromatic heterocycles. The number of esters is 3. The molecule has 1 unspecified atom stereocenters. The number of amides is 1. The molecule has 9 heteroatoms. The average Bonchev–Trinajstić information content (AvgIpc) is 2.69. The van der Waals surface area contributed by atoms with Gasteiger partial charge in [-0.2, -0.15) is 0 Å². The van der Waals surface area contributed by atoms with Crippen LogP contribution in [-0.2, 0) is 23.7 Å². The second-order valence-corrected chi connectivity index (χ2v) is 5.40. The van der Waals surface area contributed by atoms with E-state index in [0.717, 1.165) is 6.08 Å². The van der Waals surface area contributed by atoms with Crippen LogP contribution in [-0.4, -0.2) is 56.5 Å². The van der Waals surface area contributed by atoms with Gasteiger partial charge in [0.25, 0.3) is 0 Å². The van der Waals surface area contributed by atoms with E-state index in [0.29, 0.717) is 6.54 Å². The van der Waals surface area contributed by atoms with Crippen molar-refractivity contribution in [3.8, 4) is 0 Å². The number of hydrogen-bond acceptors (Lipinski definition) is 8. The summed E-state index contributed by atoms with van der Waals surface area (Å²) in [5, 5.41) is 2.46. The number of rotatable bonds is 10. The Balaban J connectivity index is 2.60. The molecular formula is C19H23NO8. The van der Waals surface area contributed by atoms with E-state index in [9.17, 15) is 19.2 Å². The average molecular weight is 393 g/mol. The lowest BCUT2D eigenvalue weighted by Crippen LogP contribution is -2.30. The van der Waals surface area contributed by atoms with Gasteiger partial charge in [0.05, 0.1) is 11.1 Å². The first-order chi connectivity index (χ1) is 13.4. The molecule has 1 atom stereocenters. The molecule has 28 heavy (non-hydrogen) atoms. The number of nitrogens with one attached hydrogen (secondary N) is 1. The molecule has 0 bridgehead atoms. The quantitative estimate of drug-likeness (QED) is 0.277. The third-order valence-corrected chi connectivity index (χ3v) is 3.17. The van der Waals surface area contributed by atoms with Crippen LogP contribution in [0.1, 0.15) is 34.6 Å². The van der Waals surface area contributed by atoms with Crippen LogP contribution in [0, 0.1) is 0 Å². The van der Waals surface area contributed by atoms with Crippen molar-refractivity contribution in [3.63, 3.8) is 0 Å². The number of carbonyl (C=O) groups is 4. The first-order valence-electron chi connectivity index (χ1n) is 8.56. The van der Waals surface area contributed by atoms with Gasteiger partial charge in [-0.1, -0.05) is 18.7 Å². The summed E-state index contributed by atoms with van der Waals surface area (Å²) in [6.07, 6.45) is -0.301. The summed E-state index contributed by atoms with van der Waals surface area (Å²) < 4.78 is 19.8. The third-order valence-electron chi connectivity index (χ3n) is 3.17. The van der Waals surface area contributed by atoms with Crippen molar-refractivity contribution in [2.75, 3.05) is 26.4 Å². The topological polar surface area (TPSA) is 117 Å². The van der Waals surface area contributed by atoms with Gasteiger partial charge in [0.15, 0.2) is 0 Å². The summed E-state index contributed by atoms with van der Waals surface area (Å²) in [4.78, 5) is 46.7. The van der Waals surface area contributed by atoms with Crippen LogP contribution in [0.25, 0.3) is 0 Å². The Kier molecular flexibility index (Phi) is 9.80. The molecule has 1 amide bonds. The van der Waals surface area contributed by atoms with E-state index >= 15 is 0 Å². The SMILES string of the molecule is C=CC(=O)OCCOC(=O)c1ccccc1C(=O)OCC(C)OC(=O)NCC. The Hall–Kier alpha value is -3.36. The lowest BCUT2D eigenvalue weighted by molar-refractivity contribution is -0.138. The maximum Gasteiger partial charge on any atom is 0.407 e. The fraction of sp³-hybridized carbons (Fsp3) is 0.368. The van der Waals surface area contributed by atoms with Gasteiger partial charge in [0.2, 0.25) is 0 Å². The van der Waals surface area contributed by atoms with Crippen molar-refractivity contribution in [2.24, 2.45) is 0 Å². The Bertz CT molecular complexity index is 716. The van der Waals surface area contributed by atoms with E-state index in [4.69, 9.17) is 18.9 Å². The monoisotopic (exact) mass is 393 g/mol. The highest BCUT2D eigenvalue weighted by Gasteiger charge is 2.20. The third kappa shape index (κ3) is 7.90. The maximum absolute atomic E-state index is 12.3. The molecule has 0 aliphatic carbocycles. The van der Waals surface area contributed by atoms with Crippen LogP contribution in [0.15, 0.2) is 36.9 Å². The Morgan fingerprint density at radius 3 is 2.18 bits per heavy atom. The lowest BCUT2D eigenvalue weighted by Gasteiger charge is -2.14. The molecule has 0 fully saturated rings. The first-order valence-corrected chi connectivity index (χ1v) is 8.56. The van der Waals surface area contributed by atoms with Gasteiger partial charge in [-0.15, -0.1) is 0 Å². The summed E-state index contributed by atoms with van der Waals surface area (Å²) in [6.45, 7) is 6.45. The highest BCUT2D eigenvalue weighted by molar-refractivity contribution is 6.03. The molecule has 0 radical (unpaired) electrons. The normalized spacial score (nSPS) is 10.9. The molecular weight excluding hydrogens is 370 g/mol. The number of ether oxygens (including phenoxy) is 4. The molecule has 152 valence electrons. The van der Waals surface area contributed by atoms with Crippen molar-refractivity contribution in [2.45, 2.75) is 20.0 Å². The van der Waals surface area contributed by atoms with Gasteiger partial charge in [0.1, 0.15) is 25.9 Å². The Labute approximate surface area is 162 Å². The minimum absolute atomic E-state index is 0.000144. The van der Waals surface area contributed by atoms with Crippen molar-refractivity contribution >= 4 is 24.0 Å². The van der Waals surface area contributed by atoms with E-state index in [2.05, 4.69) is 11.9 Å². The Morgan fingerprint density at radius 1 is 1.04 bits per heavy atom. The summed E-state index contributed by atoms with van der Waals surface area (Å²) >= 11 is 0. The van der Waals surface area contributed by atoms with Gasteiger partial charge in [0, 0.05) is 12.6 Å². The maximum atomic E-state index is 12.3. The van der Waals surface area contributed by atoms with Crippen LogP contribution in [0.3, 0.4) is 0 Å². The molecule has 1 aromatic rings. The van der Waals surface area contributed by atoms with E-state index in [-0.39, 0.29) is 30.9 Å². The zero-order chi connectivity index (χ0) is 20.9. The van der Waals surface area contributed by atoms with Gasteiger partial charge in [-0.3, -0.25) is 0 Å². The van der Waals surface area contributed by atoms with Crippen LogP contribution in [0.2, 0.25) is 0 Å². The van der Waals surface area contributed by atoms with Gasteiger partial charge >= 0.3 is 24.0 Å². The number of alkyl carbamates (subject to hydrolysis) is 1. The highest BCUT2D eigenvalue weighted by atomic mass is 16.6. The number of carbonyl (C=O) groups excluding carboxylic acids is 4. The number of hydrogen-bond donors (Lipinski definition) is 1. The van der Waals surface area contributed by atoms with E-state index < -0.39 is 30.1 Å². The van der Waals surface area contributed by atoms with Crippen LogP contribution in [0.4, 0.5) is 4.79 Å². The minimum atomic E-state index is -0.770. The first kappa shape index (κ1) is 22.7. The fourth-order valence-electron chi connectivity index (χ4n) is 1.93. The molecule has 1 N–H and O–H groups in total. The zero-order valence-corrected chi connectivity index (χ0v) is 15.8. The van der Waals surface area contributed by atoms with Crippen molar-refractivity contribution in [1.82, 2.24) is 5.32 Å². The Morgan fingerprint density at radius 2 is 1.61 bits per heavy atom. The lowest BCUT2D eigenvalue weighted by atomic mass is 10.1. The van der Waals surface area contributed by atoms with E-state index in [1.54, 1.807) is 26.0 Å². The summed E-state index contributed by atoms with van der Waals surface area (Å²) in [5.74, 6) is -2.17. The predicted molar refractivity (Wildman–Crippen MR) is 97.8 cm³/mol. The van der Waals surface area contributed by atoms with E-state index in [1.165, 1.54) is 12.1 Å². The zero-order valence-electron chi connectivity index (χ0n) is 15.8. The molecule has 0 saturated heterocycles. The van der Waals surface area contributed by atoms with Gasteiger partial charge in [-0.05, 0) is 26.0 Å². The molecule has 0 spiro atoms. The summed E-state index contributed by atoms with van der Waals surface area (Å²) in [6, 6.07) is 5.94. The molecule has 0 aliphatic rings. The molecule has 1 aromatic carbocycles. The standard InChI is InChI=1S/C19H23NO8/c1-4-16(21)25-10-11-26-17(22)14-8-6-7-9-15(14)18(23)27-12-13(3)28-19(24)20-5-2/h4,6-9,13H,1,5,10-12H2,2-3H3,(H,20,24). The fourth-order valence-corrected chi connectivity index (χ4v) is 1.93. The second-order valence-electron chi connectivity index (χ2n) is 5.40. The smallest absolute Gasteiger partial charge is 0.407 e. The second kappa shape index (κ2) is 12.1. The number of benzene rings is 1. The molecule has 0 aliphatic heterocycles. The van der Waals surface area contributed by atoms with Crippen molar-refractivity contribution in [1.29, 1.82) is 0 Å². The van der Waals surface area contributed by atoms with Crippen LogP contribution < -0.4 is 5.32 Å². The van der Waals surface area contributed by atoms with Crippen molar-refractivity contribution < 1.29 is 38.1 Å². The van der Waals surface area contributed by atoms with Crippen LogP contribution in [0.5, 0.6) is 0 Å². The molecule has 1 rings (SSSR count). The molecule has 9 nitrogen and oxygen atoms in total. The molecule has 0 saturated carbocycles. The largest absolute Gasteiger partial charge is 0.459 e. The predicted octanol–water partition coefficient (Wildman–Crippen LogP) is 1.86. The van der Waals surface area contributed by atoms with Crippen LogP contribution >= 0.6 is 0 Å². The van der Waals surface area contributed by atoms with E-state index in [1.807, 2.05) is 0 Å². The summed E-state index contributed by atoms with van der Waals surface area (Å²) in [5.41, 5.74) is 0.000593. The highest BCUT2D eigenvalue weighted by Crippen LogP contribution is 2.12. The summed E-state index contributed by atoms with van der Waals surface area (Å²) in [7, 11) is 0. The molecule has 0 heterocycles. The van der Waals surface area contributed by atoms with Gasteiger partial charge < -0.3 is 24.3 Å². The minimum Gasteiger partial charge on any atom is -0.459 e. The van der Waals surface area contributed by atoms with Gasteiger partial charge in [-0.25, -0.2) is 19.2 Å². The van der Waals surface area contributed by atoms with Crippen molar-refractivity contribution in [3.05, 3.63) is 48.0 Å².